The van der Waals surface area contributed by atoms with Gasteiger partial charge in [-0.1, -0.05) is 42.5 Å². The van der Waals surface area contributed by atoms with Gasteiger partial charge in [-0.25, -0.2) is 4.99 Å². The Morgan fingerprint density at radius 3 is 2.43 bits per heavy atom. The molecule has 0 bridgehead atoms. The van der Waals surface area contributed by atoms with E-state index in [1.54, 1.807) is 19.2 Å². The number of nitrogens with zero attached hydrogens (tertiary/aromatic N) is 1. The van der Waals surface area contributed by atoms with Gasteiger partial charge in [-0.15, -0.1) is 0 Å². The van der Waals surface area contributed by atoms with E-state index in [4.69, 9.17) is 29.0 Å². The van der Waals surface area contributed by atoms with Crippen molar-refractivity contribution in [1.29, 1.82) is 0 Å². The molecule has 44 heavy (non-hydrogen) atoms. The lowest BCUT2D eigenvalue weighted by atomic mass is 9.83. The second-order valence-corrected chi connectivity index (χ2v) is 11.6. The number of methoxy groups -OCH3 is 1. The number of carbonyl (C=O) groups excluding carboxylic acids is 2. The summed E-state index contributed by atoms with van der Waals surface area (Å²) in [6.07, 6.45) is 0.342. The van der Waals surface area contributed by atoms with E-state index in [1.807, 2.05) is 87.5 Å². The number of hydrogen-bond acceptors (Lipinski definition) is 8. The van der Waals surface area contributed by atoms with Crippen LogP contribution in [0.4, 0.5) is 0 Å². The topological polar surface area (TPSA) is 116 Å². The number of nitrogens with one attached hydrogen (secondary N) is 1. The predicted octanol–water partition coefficient (Wildman–Crippen LogP) is 5.19. The van der Waals surface area contributed by atoms with E-state index in [9.17, 15) is 9.59 Å². The third-order valence-electron chi connectivity index (χ3n) is 7.10. The maximum absolute atomic E-state index is 14.2. The number of aliphatic imine (C=N–C) groups is 1. The normalized spacial score (nSPS) is 17.8. The molecule has 0 radical (unpaired) electrons. The first kappa shape index (κ1) is 32.5. The molecule has 0 spiro atoms. The van der Waals surface area contributed by atoms with Gasteiger partial charge in [0, 0.05) is 31.6 Å². The molecule has 1 aliphatic rings. The van der Waals surface area contributed by atoms with Crippen LogP contribution in [0.2, 0.25) is 0 Å². The molecule has 0 unspecified atom stereocenters. The molecule has 9 nitrogen and oxygen atoms in total. The fourth-order valence-corrected chi connectivity index (χ4v) is 4.98. The van der Waals surface area contributed by atoms with Crippen molar-refractivity contribution in [1.82, 2.24) is 5.32 Å². The zero-order valence-electron chi connectivity index (χ0n) is 25.9. The highest BCUT2D eigenvalue weighted by Crippen LogP contribution is 2.44. The molecule has 1 heterocycles. The van der Waals surface area contributed by atoms with Gasteiger partial charge in [-0.05, 0) is 81.1 Å². The highest BCUT2D eigenvalue weighted by molar-refractivity contribution is 6.01. The molecule has 1 aliphatic heterocycles. The van der Waals surface area contributed by atoms with Gasteiger partial charge in [-0.2, -0.15) is 0 Å². The van der Waals surface area contributed by atoms with Gasteiger partial charge >= 0.3 is 5.97 Å². The summed E-state index contributed by atoms with van der Waals surface area (Å²) in [6, 6.07) is 24.4. The minimum atomic E-state index is -1.47. The second kappa shape index (κ2) is 14.9. The number of aliphatic hydroxyl groups is 1. The molecular formula is C35H42N2O7. The van der Waals surface area contributed by atoms with Crippen LogP contribution in [0.3, 0.4) is 0 Å². The third-order valence-corrected chi connectivity index (χ3v) is 7.10. The number of rotatable bonds is 14. The maximum Gasteiger partial charge on any atom is 0.306 e. The molecule has 2 N–H and O–H groups in total. The third kappa shape index (κ3) is 8.60. The van der Waals surface area contributed by atoms with Crippen molar-refractivity contribution in [3.05, 3.63) is 95.6 Å². The number of carbonyl (C=O) groups is 2. The number of esters is 1. The summed E-state index contributed by atoms with van der Waals surface area (Å²) >= 11 is 0. The van der Waals surface area contributed by atoms with Gasteiger partial charge in [0.15, 0.2) is 11.6 Å². The van der Waals surface area contributed by atoms with Gasteiger partial charge < -0.3 is 29.4 Å². The molecule has 4 rings (SSSR count). The van der Waals surface area contributed by atoms with Gasteiger partial charge in [0.05, 0.1) is 13.7 Å². The van der Waals surface area contributed by atoms with E-state index in [2.05, 4.69) is 5.32 Å². The van der Waals surface area contributed by atoms with Crippen LogP contribution in [0.25, 0.3) is 0 Å². The molecule has 0 aromatic heterocycles. The van der Waals surface area contributed by atoms with Crippen LogP contribution in [-0.2, 0) is 25.5 Å². The molecule has 9 heteroatoms. The van der Waals surface area contributed by atoms with Crippen LogP contribution in [0, 0.1) is 0 Å². The fraction of sp³-hybridized carbons (Fsp3) is 0.400. The zero-order valence-corrected chi connectivity index (χ0v) is 25.9. The molecule has 0 saturated heterocycles. The van der Waals surface area contributed by atoms with E-state index in [0.717, 1.165) is 5.56 Å². The van der Waals surface area contributed by atoms with Crippen molar-refractivity contribution < 1.29 is 33.6 Å². The first-order valence-electron chi connectivity index (χ1n) is 14.9. The smallest absolute Gasteiger partial charge is 0.306 e. The quantitative estimate of drug-likeness (QED) is 0.193. The molecular weight excluding hydrogens is 560 g/mol. The largest absolute Gasteiger partial charge is 0.497 e. The number of benzene rings is 3. The summed E-state index contributed by atoms with van der Waals surface area (Å²) in [5.74, 6) is 0.756. The molecule has 3 aromatic rings. The van der Waals surface area contributed by atoms with Crippen molar-refractivity contribution in [2.75, 3.05) is 26.9 Å². The number of aliphatic hydroxyl groups excluding tert-OH is 1. The molecule has 1 amide bonds. The standard InChI is InChI=1S/C35H42N2O7/c1-34(2,3)44-30(39)18-20-35(33(40)36-21-19-25-10-6-5-7-11-25)31(27-12-8-13-29(24-27)41-4)43-32(37-35)26-14-16-28(17-15-26)42-23-9-22-38/h5-8,10-17,24,31,38H,9,18-23H2,1-4H3,(H,36,40)/t31-,35-/m1/s1. The SMILES string of the molecule is COc1cccc([C@H]2OC(c3ccc(OCCCO)cc3)=N[C@@]2(CCC(=O)OC(C)(C)C)C(=O)NCCc2ccccc2)c1. The fourth-order valence-electron chi connectivity index (χ4n) is 4.98. The highest BCUT2D eigenvalue weighted by Gasteiger charge is 2.53. The number of hydrogen-bond donors (Lipinski definition) is 2. The maximum atomic E-state index is 14.2. The molecule has 2 atom stereocenters. The number of amides is 1. The molecule has 0 fully saturated rings. The van der Waals surface area contributed by atoms with Crippen LogP contribution >= 0.6 is 0 Å². The predicted molar refractivity (Wildman–Crippen MR) is 168 cm³/mol. The van der Waals surface area contributed by atoms with Crippen LogP contribution in [0.5, 0.6) is 11.5 Å². The van der Waals surface area contributed by atoms with Gasteiger partial charge in [-0.3, -0.25) is 9.59 Å². The Labute approximate surface area is 259 Å². The van der Waals surface area contributed by atoms with E-state index < -0.39 is 23.2 Å². The lowest BCUT2D eigenvalue weighted by Crippen LogP contribution is -2.49. The van der Waals surface area contributed by atoms with Crippen LogP contribution < -0.4 is 14.8 Å². The highest BCUT2D eigenvalue weighted by atomic mass is 16.6. The summed E-state index contributed by atoms with van der Waals surface area (Å²) in [4.78, 5) is 32.1. The zero-order chi connectivity index (χ0) is 31.6. The van der Waals surface area contributed by atoms with Crippen molar-refractivity contribution in [2.45, 2.75) is 63.7 Å². The Bertz CT molecular complexity index is 1420. The van der Waals surface area contributed by atoms with Gasteiger partial charge in [0.2, 0.25) is 5.90 Å². The first-order valence-corrected chi connectivity index (χ1v) is 14.9. The summed E-state index contributed by atoms with van der Waals surface area (Å²) < 4.78 is 23.3. The van der Waals surface area contributed by atoms with E-state index >= 15 is 0 Å². The lowest BCUT2D eigenvalue weighted by Gasteiger charge is -2.31. The molecule has 0 saturated carbocycles. The van der Waals surface area contributed by atoms with Crippen LogP contribution in [-0.4, -0.2) is 60.9 Å². The molecule has 234 valence electrons. The van der Waals surface area contributed by atoms with Gasteiger partial charge in [0.25, 0.3) is 5.91 Å². The monoisotopic (exact) mass is 602 g/mol. The van der Waals surface area contributed by atoms with Crippen LogP contribution in [0.1, 0.15) is 62.8 Å². The van der Waals surface area contributed by atoms with Crippen molar-refractivity contribution in [2.24, 2.45) is 4.99 Å². The Balaban J connectivity index is 1.70. The minimum absolute atomic E-state index is 0.0401. The number of ether oxygens (including phenoxy) is 4. The van der Waals surface area contributed by atoms with E-state index in [0.29, 0.717) is 48.6 Å². The van der Waals surface area contributed by atoms with Crippen LogP contribution in [0.15, 0.2) is 83.9 Å². The summed E-state index contributed by atoms with van der Waals surface area (Å²) in [7, 11) is 1.58. The summed E-state index contributed by atoms with van der Waals surface area (Å²) in [6.45, 7) is 6.24. The molecule has 0 aliphatic carbocycles. The summed E-state index contributed by atoms with van der Waals surface area (Å²) in [5.41, 5.74) is 0.299. The Hall–Kier alpha value is -4.37. The van der Waals surface area contributed by atoms with E-state index in [1.165, 1.54) is 0 Å². The second-order valence-electron chi connectivity index (χ2n) is 11.6. The lowest BCUT2D eigenvalue weighted by molar-refractivity contribution is -0.155. The van der Waals surface area contributed by atoms with Crippen molar-refractivity contribution in [3.8, 4) is 11.5 Å². The average molecular weight is 603 g/mol. The summed E-state index contributed by atoms with van der Waals surface area (Å²) in [5, 5.41) is 12.1. The average Bonchev–Trinajstić information content (AvgIpc) is 3.41. The van der Waals surface area contributed by atoms with Gasteiger partial charge in [0.1, 0.15) is 17.1 Å². The Kier molecular flexibility index (Phi) is 11.0. The first-order chi connectivity index (χ1) is 21.1. The van der Waals surface area contributed by atoms with Crippen molar-refractivity contribution >= 4 is 17.8 Å². The Morgan fingerprint density at radius 1 is 1.00 bits per heavy atom. The minimum Gasteiger partial charge on any atom is -0.497 e. The van der Waals surface area contributed by atoms with E-state index in [-0.39, 0.29) is 31.3 Å². The van der Waals surface area contributed by atoms with Crippen molar-refractivity contribution in [3.63, 3.8) is 0 Å². The molecule has 3 aromatic carbocycles. The Morgan fingerprint density at radius 2 is 1.75 bits per heavy atom.